The quantitative estimate of drug-likeness (QED) is 0.149. The van der Waals surface area contributed by atoms with E-state index in [1.165, 1.54) is 69.5 Å². The lowest BCUT2D eigenvalue weighted by Crippen LogP contribution is -2.33. The van der Waals surface area contributed by atoms with Crippen molar-refractivity contribution in [3.63, 3.8) is 0 Å². The predicted octanol–water partition coefficient (Wildman–Crippen LogP) is 7.12. The molecule has 0 saturated carbocycles. The molecule has 0 bridgehead atoms. The summed E-state index contributed by atoms with van der Waals surface area (Å²) in [5.41, 5.74) is 1.96. The van der Waals surface area contributed by atoms with Crippen molar-refractivity contribution < 1.29 is 4.79 Å². The number of thiocarbonyl (C=S) groups is 1. The SMILES string of the molecule is CCCCCCCCCCCCN1C(=O)/C(=C\c2c(N3CCCCC3)nc3ccc(C)cn3c2=O)SC1=S. The molecule has 0 radical (unpaired) electrons. The summed E-state index contributed by atoms with van der Waals surface area (Å²) in [6, 6.07) is 3.86. The Hall–Kier alpha value is -2.19. The summed E-state index contributed by atoms with van der Waals surface area (Å²) in [5.74, 6) is 0.591. The second-order valence-electron chi connectivity index (χ2n) is 10.7. The number of thioether (sulfide) groups is 1. The second kappa shape index (κ2) is 14.3. The average molecular weight is 555 g/mol. The highest BCUT2D eigenvalue weighted by Gasteiger charge is 2.32. The van der Waals surface area contributed by atoms with E-state index in [0.29, 0.717) is 32.8 Å². The van der Waals surface area contributed by atoms with Crippen molar-refractivity contribution in [2.24, 2.45) is 0 Å². The van der Waals surface area contributed by atoms with Crippen LogP contribution in [-0.4, -0.2) is 44.1 Å². The molecule has 2 saturated heterocycles. The molecule has 2 aromatic heterocycles. The Morgan fingerprint density at radius 3 is 2.29 bits per heavy atom. The van der Waals surface area contributed by atoms with Gasteiger partial charge in [0, 0.05) is 25.8 Å². The van der Waals surface area contributed by atoms with Crippen LogP contribution < -0.4 is 10.5 Å². The molecular formula is C30H42N4O2S2. The number of rotatable bonds is 13. The number of carbonyl (C=O) groups is 1. The predicted molar refractivity (Wildman–Crippen MR) is 164 cm³/mol. The van der Waals surface area contributed by atoms with Gasteiger partial charge < -0.3 is 4.90 Å². The van der Waals surface area contributed by atoms with E-state index < -0.39 is 0 Å². The van der Waals surface area contributed by atoms with E-state index in [2.05, 4.69) is 11.8 Å². The number of aryl methyl sites for hydroxylation is 1. The fourth-order valence-electron chi connectivity index (χ4n) is 5.30. The van der Waals surface area contributed by atoms with Gasteiger partial charge in [-0.1, -0.05) is 94.8 Å². The number of hydrogen-bond donors (Lipinski definition) is 0. The van der Waals surface area contributed by atoms with Gasteiger partial charge in [0.25, 0.3) is 11.5 Å². The van der Waals surface area contributed by atoms with Crippen molar-refractivity contribution in [3.8, 4) is 0 Å². The first kappa shape index (κ1) is 28.8. The molecule has 0 unspecified atom stereocenters. The van der Waals surface area contributed by atoms with Crippen LogP contribution in [0.1, 0.15) is 102 Å². The van der Waals surface area contributed by atoms with Crippen molar-refractivity contribution >= 4 is 51.7 Å². The van der Waals surface area contributed by atoms with Crippen molar-refractivity contribution in [1.29, 1.82) is 0 Å². The Balaban J connectivity index is 1.43. The maximum atomic E-state index is 13.7. The third-order valence-electron chi connectivity index (χ3n) is 7.53. The highest BCUT2D eigenvalue weighted by Crippen LogP contribution is 2.34. The molecule has 2 aliphatic heterocycles. The monoisotopic (exact) mass is 554 g/mol. The molecule has 0 atom stereocenters. The van der Waals surface area contributed by atoms with Crippen molar-refractivity contribution in [2.75, 3.05) is 24.5 Å². The molecule has 8 heteroatoms. The Morgan fingerprint density at radius 2 is 1.61 bits per heavy atom. The molecule has 0 N–H and O–H groups in total. The molecule has 1 amide bonds. The highest BCUT2D eigenvalue weighted by molar-refractivity contribution is 8.26. The van der Waals surface area contributed by atoms with E-state index in [1.54, 1.807) is 15.4 Å². The van der Waals surface area contributed by atoms with E-state index >= 15 is 0 Å². The molecule has 4 rings (SSSR count). The molecule has 206 valence electrons. The van der Waals surface area contributed by atoms with E-state index in [9.17, 15) is 9.59 Å². The summed E-state index contributed by atoms with van der Waals surface area (Å²) in [7, 11) is 0. The number of unbranched alkanes of at least 4 members (excludes halogenated alkanes) is 9. The topological polar surface area (TPSA) is 57.9 Å². The number of amides is 1. The Morgan fingerprint density at radius 1 is 0.947 bits per heavy atom. The molecule has 0 aromatic carbocycles. The summed E-state index contributed by atoms with van der Waals surface area (Å²) < 4.78 is 2.18. The third kappa shape index (κ3) is 7.26. The first-order valence-electron chi connectivity index (χ1n) is 14.5. The zero-order valence-corrected chi connectivity index (χ0v) is 24.7. The molecular weight excluding hydrogens is 512 g/mol. The van der Waals surface area contributed by atoms with Crippen LogP contribution in [0, 0.1) is 6.92 Å². The van der Waals surface area contributed by atoms with Gasteiger partial charge in [-0.25, -0.2) is 4.98 Å². The van der Waals surface area contributed by atoms with Crippen LogP contribution in [0.4, 0.5) is 5.82 Å². The van der Waals surface area contributed by atoms with Gasteiger partial charge in [0.05, 0.1) is 10.5 Å². The lowest BCUT2D eigenvalue weighted by atomic mass is 10.1. The number of fused-ring (bicyclic) bond motifs is 1. The second-order valence-corrected chi connectivity index (χ2v) is 12.3. The summed E-state index contributed by atoms with van der Waals surface area (Å²) in [6.07, 6.45) is 19.4. The maximum Gasteiger partial charge on any atom is 0.267 e. The minimum atomic E-state index is -0.140. The van der Waals surface area contributed by atoms with Gasteiger partial charge in [-0.05, 0) is 50.3 Å². The molecule has 6 nitrogen and oxygen atoms in total. The Bertz CT molecular complexity index is 1220. The van der Waals surface area contributed by atoms with Gasteiger partial charge in [0.1, 0.15) is 15.8 Å². The normalized spacial score (nSPS) is 17.4. The summed E-state index contributed by atoms with van der Waals surface area (Å²) in [4.78, 5) is 36.3. The number of nitrogens with zero attached hydrogens (tertiary/aromatic N) is 4. The minimum absolute atomic E-state index is 0.0887. The average Bonchev–Trinajstić information content (AvgIpc) is 3.19. The largest absolute Gasteiger partial charge is 0.356 e. The molecule has 2 aliphatic rings. The van der Waals surface area contributed by atoms with E-state index in [-0.39, 0.29) is 11.5 Å². The van der Waals surface area contributed by atoms with E-state index in [1.807, 2.05) is 25.3 Å². The number of hydrogen-bond acceptors (Lipinski definition) is 6. The van der Waals surface area contributed by atoms with Crippen LogP contribution in [-0.2, 0) is 4.79 Å². The van der Waals surface area contributed by atoms with Crippen LogP contribution in [0.15, 0.2) is 28.0 Å². The molecule has 2 fully saturated rings. The number of piperidine rings is 1. The molecule has 38 heavy (non-hydrogen) atoms. The van der Waals surface area contributed by atoms with Crippen LogP contribution in [0.5, 0.6) is 0 Å². The lowest BCUT2D eigenvalue weighted by molar-refractivity contribution is -0.122. The summed E-state index contributed by atoms with van der Waals surface area (Å²) in [6.45, 7) is 6.60. The van der Waals surface area contributed by atoms with Crippen LogP contribution >= 0.6 is 24.0 Å². The summed E-state index contributed by atoms with van der Waals surface area (Å²) >= 11 is 6.89. The van der Waals surface area contributed by atoms with Crippen molar-refractivity contribution in [1.82, 2.24) is 14.3 Å². The number of anilines is 1. The van der Waals surface area contributed by atoms with Gasteiger partial charge in [-0.3, -0.25) is 18.9 Å². The van der Waals surface area contributed by atoms with Crippen LogP contribution in [0.25, 0.3) is 11.7 Å². The van der Waals surface area contributed by atoms with Gasteiger partial charge in [0.2, 0.25) is 0 Å². The zero-order chi connectivity index (χ0) is 26.9. The first-order chi connectivity index (χ1) is 18.5. The fraction of sp³-hybridized carbons (Fsp3) is 0.600. The third-order valence-corrected chi connectivity index (χ3v) is 8.90. The van der Waals surface area contributed by atoms with E-state index in [4.69, 9.17) is 17.2 Å². The minimum Gasteiger partial charge on any atom is -0.356 e. The number of carbonyl (C=O) groups excluding carboxylic acids is 1. The first-order valence-corrected chi connectivity index (χ1v) is 15.8. The molecule has 0 aliphatic carbocycles. The number of aromatic nitrogens is 2. The standard InChI is InChI=1S/C30H42N4O2S2/c1-3-4-5-6-7-8-9-10-11-15-20-33-29(36)25(38-30(33)37)21-24-27(32-18-13-12-14-19-32)31-26-17-16-23(2)22-34(26)28(24)35/h16-17,21-22H,3-15,18-20H2,1-2H3/b25-21+. The Labute approximate surface area is 236 Å². The molecule has 0 spiro atoms. The Kier molecular flexibility index (Phi) is 10.8. The lowest BCUT2D eigenvalue weighted by Gasteiger charge is -2.29. The van der Waals surface area contributed by atoms with E-state index in [0.717, 1.165) is 44.3 Å². The fourth-order valence-corrected chi connectivity index (χ4v) is 6.59. The zero-order valence-electron chi connectivity index (χ0n) is 23.0. The van der Waals surface area contributed by atoms with Crippen LogP contribution in [0.3, 0.4) is 0 Å². The van der Waals surface area contributed by atoms with Gasteiger partial charge >= 0.3 is 0 Å². The smallest absolute Gasteiger partial charge is 0.267 e. The molecule has 4 heterocycles. The van der Waals surface area contributed by atoms with Gasteiger partial charge in [-0.15, -0.1) is 0 Å². The number of pyridine rings is 1. The maximum absolute atomic E-state index is 13.7. The van der Waals surface area contributed by atoms with Crippen LogP contribution in [0.2, 0.25) is 0 Å². The van der Waals surface area contributed by atoms with Crippen molar-refractivity contribution in [3.05, 3.63) is 44.7 Å². The van der Waals surface area contributed by atoms with Crippen molar-refractivity contribution in [2.45, 2.75) is 97.3 Å². The summed E-state index contributed by atoms with van der Waals surface area (Å²) in [5, 5.41) is 0. The van der Waals surface area contributed by atoms with Gasteiger partial charge in [-0.2, -0.15) is 0 Å². The highest BCUT2D eigenvalue weighted by atomic mass is 32.2. The van der Waals surface area contributed by atoms with Gasteiger partial charge in [0.15, 0.2) is 0 Å². The molecule has 2 aromatic rings.